The smallest absolute Gasteiger partial charge is 0.272 e. The Hall–Kier alpha value is -0.170. The number of rotatable bonds is 2. The Balaban J connectivity index is 2.22. The molecule has 5 nitrogen and oxygen atoms in total. The Bertz CT molecular complexity index is 326. The zero-order valence-electron chi connectivity index (χ0n) is 8.39. The number of hydrogen-bond acceptors (Lipinski definition) is 5. The summed E-state index contributed by atoms with van der Waals surface area (Å²) in [6.07, 6.45) is 1.36. The average Bonchev–Trinajstić information content (AvgIpc) is 2.43. The molecule has 2 aliphatic rings. The van der Waals surface area contributed by atoms with E-state index in [1.165, 1.54) is 0 Å². The number of fused-ring (bicyclic) bond motifs is 1. The van der Waals surface area contributed by atoms with Crippen molar-refractivity contribution in [3.8, 4) is 0 Å². The molecule has 2 fully saturated rings. The third-order valence-electron chi connectivity index (χ3n) is 2.88. The second kappa shape index (κ2) is 3.16. The lowest BCUT2D eigenvalue weighted by Gasteiger charge is -2.30. The van der Waals surface area contributed by atoms with E-state index < -0.39 is 16.1 Å². The molecular formula is C8H15NO4S. The van der Waals surface area contributed by atoms with Gasteiger partial charge in [-0.25, -0.2) is 8.37 Å². The maximum Gasteiger partial charge on any atom is 0.402 e. The highest BCUT2D eigenvalue weighted by Gasteiger charge is 2.57. The van der Waals surface area contributed by atoms with Crippen LogP contribution in [0.2, 0.25) is 0 Å². The van der Waals surface area contributed by atoms with Crippen molar-refractivity contribution in [3.63, 3.8) is 0 Å². The van der Waals surface area contributed by atoms with E-state index in [4.69, 9.17) is 8.37 Å². The minimum Gasteiger partial charge on any atom is -0.272 e. The van der Waals surface area contributed by atoms with Gasteiger partial charge < -0.3 is 0 Å². The molecule has 2 saturated heterocycles. The summed E-state index contributed by atoms with van der Waals surface area (Å²) in [4.78, 5) is 2.03. The second-order valence-corrected chi connectivity index (χ2v) is 5.08. The van der Waals surface area contributed by atoms with Crippen LogP contribution >= 0.6 is 0 Å². The van der Waals surface area contributed by atoms with Crippen molar-refractivity contribution in [2.45, 2.75) is 38.5 Å². The Morgan fingerprint density at radius 1 is 1.57 bits per heavy atom. The van der Waals surface area contributed by atoms with Gasteiger partial charge >= 0.3 is 10.4 Å². The van der Waals surface area contributed by atoms with Gasteiger partial charge in [0, 0.05) is 13.1 Å². The molecule has 2 unspecified atom stereocenters. The Kier molecular flexibility index (Phi) is 2.34. The van der Waals surface area contributed by atoms with Crippen molar-refractivity contribution in [2.24, 2.45) is 0 Å². The molecule has 0 bridgehead atoms. The molecule has 0 aromatic carbocycles. The van der Waals surface area contributed by atoms with Crippen molar-refractivity contribution in [1.82, 2.24) is 4.90 Å². The van der Waals surface area contributed by atoms with E-state index >= 15 is 0 Å². The van der Waals surface area contributed by atoms with E-state index in [0.29, 0.717) is 0 Å². The molecule has 0 N–H and O–H groups in total. The van der Waals surface area contributed by atoms with Gasteiger partial charge in [-0.05, 0) is 19.8 Å². The fourth-order valence-corrected chi connectivity index (χ4v) is 3.41. The first-order valence-corrected chi connectivity index (χ1v) is 6.20. The van der Waals surface area contributed by atoms with Crippen LogP contribution in [0.15, 0.2) is 0 Å². The van der Waals surface area contributed by atoms with E-state index in [1.807, 2.05) is 4.90 Å². The second-order valence-electron chi connectivity index (χ2n) is 3.91. The Morgan fingerprint density at radius 2 is 2.29 bits per heavy atom. The lowest BCUT2D eigenvalue weighted by molar-refractivity contribution is -0.0438. The molecule has 0 saturated carbocycles. The molecule has 0 aromatic heterocycles. The fourth-order valence-electron chi connectivity index (χ4n) is 2.18. The molecule has 14 heavy (non-hydrogen) atoms. The van der Waals surface area contributed by atoms with Gasteiger partial charge in [-0.2, -0.15) is 8.42 Å². The van der Waals surface area contributed by atoms with Crippen LogP contribution < -0.4 is 0 Å². The standard InChI is InChI=1S/C8H15NO4S/c1-3-5-9-6-4-7-8(9,2)13-14(10,11)12-7/h7H,3-6H2,1-2H3. The van der Waals surface area contributed by atoms with Crippen LogP contribution in [-0.4, -0.2) is 38.2 Å². The highest BCUT2D eigenvalue weighted by Crippen LogP contribution is 2.40. The maximum absolute atomic E-state index is 11.1. The molecule has 0 amide bonds. The lowest BCUT2D eigenvalue weighted by Crippen LogP contribution is -2.46. The maximum atomic E-state index is 11.1. The van der Waals surface area contributed by atoms with Gasteiger partial charge in [0.25, 0.3) is 0 Å². The summed E-state index contributed by atoms with van der Waals surface area (Å²) in [6.45, 7) is 5.52. The molecule has 0 aliphatic carbocycles. The molecule has 2 atom stereocenters. The fraction of sp³-hybridized carbons (Fsp3) is 1.00. The molecular weight excluding hydrogens is 206 g/mol. The zero-order chi connectivity index (χ0) is 10.4. The molecule has 0 radical (unpaired) electrons. The topological polar surface area (TPSA) is 55.8 Å². The molecule has 0 aromatic rings. The van der Waals surface area contributed by atoms with Crippen LogP contribution in [0.1, 0.15) is 26.7 Å². The highest BCUT2D eigenvalue weighted by atomic mass is 32.3. The van der Waals surface area contributed by atoms with E-state index in [-0.39, 0.29) is 6.10 Å². The summed E-state index contributed by atoms with van der Waals surface area (Å²) in [5.74, 6) is 0. The van der Waals surface area contributed by atoms with Gasteiger partial charge in [-0.3, -0.25) is 4.90 Å². The van der Waals surface area contributed by atoms with Crippen LogP contribution in [0.3, 0.4) is 0 Å². The van der Waals surface area contributed by atoms with Crippen molar-refractivity contribution in [3.05, 3.63) is 0 Å². The third kappa shape index (κ3) is 1.46. The summed E-state index contributed by atoms with van der Waals surface area (Å²) < 4.78 is 32.1. The summed E-state index contributed by atoms with van der Waals surface area (Å²) in [7, 11) is -3.76. The minimum atomic E-state index is -3.76. The summed E-state index contributed by atoms with van der Waals surface area (Å²) in [5, 5.41) is 0. The SMILES string of the molecule is CCCN1CCC2OS(=O)(=O)OC21C. The first-order chi connectivity index (χ1) is 6.48. The molecule has 0 spiro atoms. The molecule has 2 heterocycles. The van der Waals surface area contributed by atoms with Crippen LogP contribution in [-0.2, 0) is 18.8 Å². The zero-order valence-corrected chi connectivity index (χ0v) is 9.21. The predicted octanol–water partition coefficient (Wildman–Crippen LogP) is 0.479. The quantitative estimate of drug-likeness (QED) is 0.678. The van der Waals surface area contributed by atoms with Crippen LogP contribution in [0.25, 0.3) is 0 Å². The normalized spacial score (nSPS) is 41.4. The predicted molar refractivity (Wildman–Crippen MR) is 49.8 cm³/mol. The van der Waals surface area contributed by atoms with Gasteiger partial charge in [-0.1, -0.05) is 6.92 Å². The van der Waals surface area contributed by atoms with Gasteiger partial charge in [0.2, 0.25) is 0 Å². The van der Waals surface area contributed by atoms with Gasteiger partial charge in [-0.15, -0.1) is 0 Å². The van der Waals surface area contributed by atoms with E-state index in [0.717, 1.165) is 25.9 Å². The largest absolute Gasteiger partial charge is 0.402 e. The van der Waals surface area contributed by atoms with E-state index in [9.17, 15) is 8.42 Å². The van der Waals surface area contributed by atoms with Crippen LogP contribution in [0.4, 0.5) is 0 Å². The van der Waals surface area contributed by atoms with Gasteiger partial charge in [0.15, 0.2) is 5.72 Å². The Morgan fingerprint density at radius 3 is 2.93 bits per heavy atom. The van der Waals surface area contributed by atoms with Gasteiger partial charge in [0.05, 0.1) is 0 Å². The number of likely N-dealkylation sites (tertiary alicyclic amines) is 1. The molecule has 6 heteroatoms. The van der Waals surface area contributed by atoms with Crippen molar-refractivity contribution >= 4 is 10.4 Å². The van der Waals surface area contributed by atoms with Crippen molar-refractivity contribution in [2.75, 3.05) is 13.1 Å². The van der Waals surface area contributed by atoms with Crippen molar-refractivity contribution in [1.29, 1.82) is 0 Å². The first-order valence-electron chi connectivity index (χ1n) is 4.87. The minimum absolute atomic E-state index is 0.334. The lowest BCUT2D eigenvalue weighted by atomic mass is 10.1. The van der Waals surface area contributed by atoms with Crippen LogP contribution in [0, 0.1) is 0 Å². The van der Waals surface area contributed by atoms with Crippen LogP contribution in [0.5, 0.6) is 0 Å². The highest BCUT2D eigenvalue weighted by molar-refractivity contribution is 7.82. The molecule has 82 valence electrons. The molecule has 2 rings (SSSR count). The molecule has 2 aliphatic heterocycles. The monoisotopic (exact) mass is 221 g/mol. The summed E-state index contributed by atoms with van der Waals surface area (Å²) in [5.41, 5.74) is -0.769. The van der Waals surface area contributed by atoms with E-state index in [2.05, 4.69) is 6.92 Å². The van der Waals surface area contributed by atoms with E-state index in [1.54, 1.807) is 6.92 Å². The summed E-state index contributed by atoms with van der Waals surface area (Å²) >= 11 is 0. The first kappa shape index (κ1) is 10.4. The Labute approximate surface area is 84.3 Å². The van der Waals surface area contributed by atoms with Gasteiger partial charge in [0.1, 0.15) is 6.10 Å². The number of hydrogen-bond donors (Lipinski definition) is 0. The summed E-state index contributed by atoms with van der Waals surface area (Å²) in [6, 6.07) is 0. The van der Waals surface area contributed by atoms with Crippen molar-refractivity contribution < 1.29 is 16.8 Å². The third-order valence-corrected chi connectivity index (χ3v) is 3.89. The number of nitrogens with zero attached hydrogens (tertiary/aromatic N) is 1. The average molecular weight is 221 g/mol.